The molecule has 1 unspecified atom stereocenters. The van der Waals surface area contributed by atoms with Gasteiger partial charge in [0.25, 0.3) is 0 Å². The second kappa shape index (κ2) is 24.0. The molecule has 226 valence electrons. The summed E-state index contributed by atoms with van der Waals surface area (Å²) in [6.07, 6.45) is 19.3. The van der Waals surface area contributed by atoms with E-state index in [0.717, 1.165) is 36.5 Å². The molecular formula is C29H52ClN3O5S. The molecule has 0 saturated carbocycles. The van der Waals surface area contributed by atoms with Crippen molar-refractivity contribution in [3.63, 3.8) is 0 Å². The Bertz CT molecular complexity index is 793. The molecule has 0 aliphatic carbocycles. The minimum atomic E-state index is -0.624. The minimum absolute atomic E-state index is 0. The number of aryl methyl sites for hydroxylation is 1. The van der Waals surface area contributed by atoms with Gasteiger partial charge in [-0.1, -0.05) is 95.3 Å². The highest BCUT2D eigenvalue weighted by molar-refractivity contribution is 7.07. The number of unbranched alkanes of at least 4 members (excludes halogenated alkanes) is 12. The maximum absolute atomic E-state index is 11.4. The van der Waals surface area contributed by atoms with Gasteiger partial charge in [0.15, 0.2) is 0 Å². The van der Waals surface area contributed by atoms with Crippen molar-refractivity contribution < 1.29 is 40.8 Å². The topological polar surface area (TPSA) is 88.8 Å². The molecular weight excluding hydrogens is 538 g/mol. The number of ether oxygens (including phenoxy) is 2. The smallest absolute Gasteiger partial charge is 0.416 e. The van der Waals surface area contributed by atoms with Crippen LogP contribution in [0.25, 0.3) is 0 Å². The molecule has 1 atom stereocenters. The first-order valence-electron chi connectivity index (χ1n) is 14.7. The Kier molecular flexibility index (Phi) is 22.8. The van der Waals surface area contributed by atoms with Crippen LogP contribution in [0, 0.1) is 0 Å². The fraction of sp³-hybridized carbons (Fsp3) is 0.793. The Balaban J connectivity index is 0.000000756. The van der Waals surface area contributed by atoms with E-state index in [-0.39, 0.29) is 37.1 Å². The van der Waals surface area contributed by atoms with Crippen molar-refractivity contribution in [2.75, 3.05) is 13.7 Å². The van der Waals surface area contributed by atoms with Crippen LogP contribution in [0.2, 0.25) is 0 Å². The molecule has 1 aromatic rings. The number of aromatic nitrogens is 1. The molecule has 0 radical (unpaired) electrons. The monoisotopic (exact) mass is 589 g/mol. The number of thiazole rings is 1. The number of amides is 3. The second-order valence-corrected chi connectivity index (χ2v) is 10.7. The van der Waals surface area contributed by atoms with Crippen molar-refractivity contribution in [2.24, 2.45) is 0 Å². The number of halogens is 1. The maximum atomic E-state index is 11.4. The number of carbonyl (C=O) groups excluding carboxylic acids is 3. The Labute approximate surface area is 246 Å². The van der Waals surface area contributed by atoms with Crippen molar-refractivity contribution in [1.29, 1.82) is 0 Å². The van der Waals surface area contributed by atoms with Crippen LogP contribution in [0.1, 0.15) is 123 Å². The number of nitrogens with zero attached hydrogens (tertiary/aromatic N) is 2. The van der Waals surface area contributed by atoms with Crippen molar-refractivity contribution in [3.05, 3.63) is 16.6 Å². The molecule has 1 N–H and O–H groups in total. The van der Waals surface area contributed by atoms with Crippen molar-refractivity contribution in [1.82, 2.24) is 10.2 Å². The van der Waals surface area contributed by atoms with E-state index in [9.17, 15) is 14.4 Å². The van der Waals surface area contributed by atoms with Gasteiger partial charge in [-0.2, -0.15) is 4.57 Å². The Morgan fingerprint density at radius 1 is 1.03 bits per heavy atom. The Morgan fingerprint density at radius 2 is 1.59 bits per heavy atom. The van der Waals surface area contributed by atoms with Crippen LogP contribution in [0.4, 0.5) is 9.59 Å². The lowest BCUT2D eigenvalue weighted by Crippen LogP contribution is -3.00. The number of hydrogen-bond acceptors (Lipinski definition) is 6. The summed E-state index contributed by atoms with van der Waals surface area (Å²) in [5.41, 5.74) is 2.87. The Hall–Kier alpha value is -1.87. The van der Waals surface area contributed by atoms with Crippen LogP contribution in [-0.4, -0.2) is 42.8 Å². The quantitative estimate of drug-likeness (QED) is 0.218. The highest BCUT2D eigenvalue weighted by Gasteiger charge is 2.23. The van der Waals surface area contributed by atoms with Gasteiger partial charge in [-0.3, -0.25) is 4.79 Å². The molecule has 8 nitrogen and oxygen atoms in total. The van der Waals surface area contributed by atoms with Gasteiger partial charge in [0.1, 0.15) is 19.2 Å². The summed E-state index contributed by atoms with van der Waals surface area (Å²) in [5.74, 6) is -0.319. The first-order chi connectivity index (χ1) is 18.4. The van der Waals surface area contributed by atoms with Gasteiger partial charge in [0, 0.05) is 19.9 Å². The highest BCUT2D eigenvalue weighted by Crippen LogP contribution is 2.16. The molecule has 1 saturated heterocycles. The minimum Gasteiger partial charge on any atom is -1.00 e. The summed E-state index contributed by atoms with van der Waals surface area (Å²) < 4.78 is 11.8. The van der Waals surface area contributed by atoms with E-state index >= 15 is 0 Å². The van der Waals surface area contributed by atoms with Gasteiger partial charge in [-0.05, 0) is 19.8 Å². The molecule has 0 aromatic carbocycles. The van der Waals surface area contributed by atoms with Gasteiger partial charge in [0.05, 0.1) is 12.5 Å². The van der Waals surface area contributed by atoms with Gasteiger partial charge >= 0.3 is 12.2 Å². The summed E-state index contributed by atoms with van der Waals surface area (Å²) in [4.78, 5) is 34.8. The summed E-state index contributed by atoms with van der Waals surface area (Å²) in [7, 11) is 1.26. The normalized spacial score (nSPS) is 14.3. The molecule has 1 aromatic heterocycles. The number of methoxy groups -OCH3 is 1. The predicted octanol–water partition coefficient (Wildman–Crippen LogP) is 4.14. The predicted molar refractivity (Wildman–Crippen MR) is 152 cm³/mol. The largest absolute Gasteiger partial charge is 1.00 e. The zero-order chi connectivity index (χ0) is 28.0. The number of rotatable bonds is 17. The molecule has 3 amide bonds. The third-order valence-electron chi connectivity index (χ3n) is 6.84. The number of alkyl carbamates (subject to hydrolysis) is 1. The Morgan fingerprint density at radius 3 is 2.08 bits per heavy atom. The lowest BCUT2D eigenvalue weighted by atomic mass is 10.0. The zero-order valence-corrected chi connectivity index (χ0v) is 26.3. The van der Waals surface area contributed by atoms with Crippen LogP contribution in [0.5, 0.6) is 0 Å². The first-order valence-corrected chi connectivity index (χ1v) is 15.6. The maximum Gasteiger partial charge on any atom is 0.416 e. The van der Waals surface area contributed by atoms with E-state index in [0.29, 0.717) is 0 Å². The highest BCUT2D eigenvalue weighted by atomic mass is 35.5. The van der Waals surface area contributed by atoms with Crippen LogP contribution < -0.4 is 22.3 Å². The number of imide groups is 1. The molecule has 0 bridgehead atoms. The number of nitrogens with one attached hydrogen (secondary N) is 1. The van der Waals surface area contributed by atoms with Gasteiger partial charge in [-0.25, -0.2) is 14.5 Å². The number of carbonyl (C=O) groups is 3. The van der Waals surface area contributed by atoms with E-state index in [1.165, 1.54) is 109 Å². The van der Waals surface area contributed by atoms with E-state index in [1.807, 2.05) is 22.4 Å². The molecule has 1 fully saturated rings. The van der Waals surface area contributed by atoms with Crippen molar-refractivity contribution >= 4 is 29.4 Å². The lowest BCUT2D eigenvalue weighted by molar-refractivity contribution is -0.696. The second-order valence-electron chi connectivity index (χ2n) is 9.99. The van der Waals surface area contributed by atoms with E-state index in [4.69, 9.17) is 4.74 Å². The number of cyclic esters (lactones) is 1. The standard InChI is InChI=1S/C19H37NO2.C10H15N2O3S.ClH/c1-2-3-4-5-6-7-8-9-10-11-12-13-14-15-18-16-17-20-19(21)22-18;1-4-11-7-16-6-9(11)5-12(8(2)13)10(14)15-3;/h18H,2-17H2,1H3,(H,20,21);6-7H,4-5H2,1-3H3;1H/q;+1;/p-1. The zero-order valence-electron chi connectivity index (χ0n) is 24.7. The average Bonchev–Trinajstić information content (AvgIpc) is 3.37. The number of hydrogen-bond donors (Lipinski definition) is 1. The average molecular weight is 590 g/mol. The molecule has 1 aliphatic heterocycles. The summed E-state index contributed by atoms with van der Waals surface area (Å²) in [6, 6.07) is 0. The molecule has 2 heterocycles. The van der Waals surface area contributed by atoms with Crippen LogP contribution in [-0.2, 0) is 27.4 Å². The lowest BCUT2D eigenvalue weighted by Gasteiger charge is -2.22. The van der Waals surface area contributed by atoms with Gasteiger partial charge < -0.3 is 27.2 Å². The van der Waals surface area contributed by atoms with E-state index < -0.39 is 6.09 Å². The molecule has 0 spiro atoms. The molecule has 2 rings (SSSR count). The van der Waals surface area contributed by atoms with Gasteiger partial charge in [0.2, 0.25) is 17.1 Å². The fourth-order valence-corrected chi connectivity index (χ4v) is 5.34. The molecule has 10 heteroatoms. The molecule has 39 heavy (non-hydrogen) atoms. The SMILES string of the molecule is CCCCCCCCCCCCCCCC1CCNC(=O)O1.CC[n+]1cscc1CN(C(C)=O)C(=O)OC.[Cl-]. The third-order valence-corrected chi connectivity index (χ3v) is 7.62. The van der Waals surface area contributed by atoms with Gasteiger partial charge in [-0.15, -0.1) is 0 Å². The van der Waals surface area contributed by atoms with Crippen LogP contribution >= 0.6 is 11.3 Å². The summed E-state index contributed by atoms with van der Waals surface area (Å²) in [5, 5.41) is 4.62. The van der Waals surface area contributed by atoms with Crippen molar-refractivity contribution in [2.45, 2.75) is 136 Å². The third kappa shape index (κ3) is 17.4. The van der Waals surface area contributed by atoms with Crippen LogP contribution in [0.15, 0.2) is 10.9 Å². The van der Waals surface area contributed by atoms with E-state index in [1.54, 1.807) is 0 Å². The van der Waals surface area contributed by atoms with Crippen LogP contribution in [0.3, 0.4) is 0 Å². The summed E-state index contributed by atoms with van der Waals surface area (Å²) in [6.45, 7) is 7.47. The van der Waals surface area contributed by atoms with E-state index in [2.05, 4.69) is 17.0 Å². The molecule has 1 aliphatic rings. The fourth-order valence-electron chi connectivity index (χ4n) is 4.48. The summed E-state index contributed by atoms with van der Waals surface area (Å²) >= 11 is 1.54. The first kappa shape index (κ1) is 37.1. The van der Waals surface area contributed by atoms with Crippen molar-refractivity contribution in [3.8, 4) is 0 Å².